The number of H-pyrrole nitrogens is 1. The van der Waals surface area contributed by atoms with Gasteiger partial charge in [-0.2, -0.15) is 0 Å². The summed E-state index contributed by atoms with van der Waals surface area (Å²) in [6.45, 7) is 0. The van der Waals surface area contributed by atoms with E-state index in [1.54, 1.807) is 24.3 Å². The second kappa shape index (κ2) is 4.42. The van der Waals surface area contributed by atoms with Crippen LogP contribution in [0.25, 0.3) is 5.69 Å². The van der Waals surface area contributed by atoms with Crippen molar-refractivity contribution >= 4 is 12.2 Å². The van der Waals surface area contributed by atoms with Crippen molar-refractivity contribution in [1.29, 1.82) is 0 Å². The Morgan fingerprint density at radius 2 is 2.12 bits per heavy atom. The number of para-hydroxylation sites is 2. The first kappa shape index (κ1) is 11.4. The second-order valence-electron chi connectivity index (χ2n) is 3.31. The zero-order valence-corrected chi connectivity index (χ0v) is 9.82. The van der Waals surface area contributed by atoms with Gasteiger partial charge in [-0.3, -0.25) is 4.79 Å². The Kier molecular flexibility index (Phi) is 2.97. The van der Waals surface area contributed by atoms with Crippen LogP contribution in [0, 0.1) is 4.77 Å². The monoisotopic (exact) mass is 250 g/mol. The minimum Gasteiger partial charge on any atom is -0.495 e. The van der Waals surface area contributed by atoms with E-state index in [0.717, 1.165) is 6.07 Å². The summed E-state index contributed by atoms with van der Waals surface area (Å²) in [4.78, 5) is 14.3. The summed E-state index contributed by atoms with van der Waals surface area (Å²) >= 11 is 5.01. The molecular weight excluding hydrogens is 240 g/mol. The van der Waals surface area contributed by atoms with E-state index in [9.17, 15) is 9.90 Å². The molecule has 88 valence electrons. The van der Waals surface area contributed by atoms with Crippen molar-refractivity contribution in [1.82, 2.24) is 9.55 Å². The molecule has 0 saturated heterocycles. The van der Waals surface area contributed by atoms with Gasteiger partial charge < -0.3 is 14.8 Å². The van der Waals surface area contributed by atoms with E-state index < -0.39 is 5.56 Å². The maximum Gasteiger partial charge on any atom is 0.262 e. The third-order valence-electron chi connectivity index (χ3n) is 2.24. The predicted octanol–water partition coefficient (Wildman–Crippen LogP) is 1.61. The molecule has 0 aliphatic carbocycles. The SMILES string of the molecule is COc1ccccc1-n1c(=O)cc(O)[nH]c1=S. The maximum atomic E-state index is 11.8. The van der Waals surface area contributed by atoms with Gasteiger partial charge in [0.15, 0.2) is 10.7 Å². The number of aromatic hydroxyl groups is 1. The van der Waals surface area contributed by atoms with Gasteiger partial charge in [0, 0.05) is 0 Å². The summed E-state index contributed by atoms with van der Waals surface area (Å²) in [6.07, 6.45) is 0. The topological polar surface area (TPSA) is 67.2 Å². The molecule has 2 aromatic rings. The first-order valence-corrected chi connectivity index (χ1v) is 5.23. The fourth-order valence-electron chi connectivity index (χ4n) is 1.53. The van der Waals surface area contributed by atoms with Gasteiger partial charge in [-0.1, -0.05) is 12.1 Å². The second-order valence-corrected chi connectivity index (χ2v) is 3.69. The highest BCUT2D eigenvalue weighted by Crippen LogP contribution is 2.20. The first-order valence-electron chi connectivity index (χ1n) is 4.82. The fourth-order valence-corrected chi connectivity index (χ4v) is 1.82. The highest BCUT2D eigenvalue weighted by Gasteiger charge is 2.08. The van der Waals surface area contributed by atoms with E-state index >= 15 is 0 Å². The highest BCUT2D eigenvalue weighted by atomic mass is 32.1. The van der Waals surface area contributed by atoms with E-state index in [4.69, 9.17) is 17.0 Å². The average Bonchev–Trinajstić information content (AvgIpc) is 2.28. The maximum absolute atomic E-state index is 11.8. The normalized spacial score (nSPS) is 10.2. The summed E-state index contributed by atoms with van der Waals surface area (Å²) in [5, 5.41) is 9.22. The fraction of sp³-hybridized carbons (Fsp3) is 0.0909. The number of hydrogen-bond acceptors (Lipinski definition) is 4. The van der Waals surface area contributed by atoms with Crippen LogP contribution < -0.4 is 10.3 Å². The van der Waals surface area contributed by atoms with Crippen molar-refractivity contribution < 1.29 is 9.84 Å². The number of nitrogens with zero attached hydrogens (tertiary/aromatic N) is 1. The Morgan fingerprint density at radius 1 is 1.41 bits per heavy atom. The smallest absolute Gasteiger partial charge is 0.262 e. The van der Waals surface area contributed by atoms with Gasteiger partial charge in [-0.05, 0) is 24.4 Å². The Labute approximate surface area is 102 Å². The zero-order valence-electron chi connectivity index (χ0n) is 9.01. The first-order chi connectivity index (χ1) is 8.13. The summed E-state index contributed by atoms with van der Waals surface area (Å²) < 4.78 is 6.53. The molecular formula is C11H10N2O3S. The number of benzene rings is 1. The van der Waals surface area contributed by atoms with Crippen LogP contribution in [0.4, 0.5) is 0 Å². The van der Waals surface area contributed by atoms with Gasteiger partial charge in [-0.15, -0.1) is 0 Å². The molecule has 1 aromatic carbocycles. The Balaban J connectivity index is 2.78. The Hall–Kier alpha value is -2.08. The van der Waals surface area contributed by atoms with Gasteiger partial charge >= 0.3 is 0 Å². The van der Waals surface area contributed by atoms with Gasteiger partial charge in [0.1, 0.15) is 5.75 Å². The van der Waals surface area contributed by atoms with Crippen LogP contribution >= 0.6 is 12.2 Å². The van der Waals surface area contributed by atoms with Crippen molar-refractivity contribution in [2.24, 2.45) is 0 Å². The van der Waals surface area contributed by atoms with Gasteiger partial charge in [0.2, 0.25) is 0 Å². The summed E-state index contributed by atoms with van der Waals surface area (Å²) in [7, 11) is 1.51. The third kappa shape index (κ3) is 2.07. The largest absolute Gasteiger partial charge is 0.495 e. The molecule has 0 saturated carbocycles. The minimum absolute atomic E-state index is 0.111. The van der Waals surface area contributed by atoms with E-state index in [1.165, 1.54) is 11.7 Å². The van der Waals surface area contributed by atoms with E-state index in [2.05, 4.69) is 4.98 Å². The quantitative estimate of drug-likeness (QED) is 0.795. The van der Waals surface area contributed by atoms with Gasteiger partial charge in [0.05, 0.1) is 18.9 Å². The predicted molar refractivity (Wildman–Crippen MR) is 65.4 cm³/mol. The van der Waals surface area contributed by atoms with Crippen LogP contribution in [0.3, 0.4) is 0 Å². The molecule has 1 aromatic heterocycles. The highest BCUT2D eigenvalue weighted by molar-refractivity contribution is 7.71. The molecule has 1 heterocycles. The Morgan fingerprint density at radius 3 is 2.76 bits per heavy atom. The molecule has 0 fully saturated rings. The number of rotatable bonds is 2. The average molecular weight is 250 g/mol. The van der Waals surface area contributed by atoms with Crippen LogP contribution in [0.15, 0.2) is 35.1 Å². The van der Waals surface area contributed by atoms with Crippen molar-refractivity contribution in [2.75, 3.05) is 7.11 Å². The van der Waals surface area contributed by atoms with Crippen molar-refractivity contribution in [2.45, 2.75) is 0 Å². The van der Waals surface area contributed by atoms with Crippen LogP contribution in [-0.2, 0) is 0 Å². The summed E-state index contributed by atoms with van der Waals surface area (Å²) in [5.74, 6) is 0.269. The van der Waals surface area contributed by atoms with Crippen LogP contribution in [-0.4, -0.2) is 21.8 Å². The number of ether oxygens (including phenoxy) is 1. The van der Waals surface area contributed by atoms with E-state index in [-0.39, 0.29) is 10.7 Å². The number of nitrogens with one attached hydrogen (secondary N) is 1. The molecule has 2 rings (SSSR count). The number of methoxy groups -OCH3 is 1. The lowest BCUT2D eigenvalue weighted by Gasteiger charge is -2.10. The lowest BCUT2D eigenvalue weighted by molar-refractivity contribution is 0.411. The third-order valence-corrected chi connectivity index (χ3v) is 2.53. The van der Waals surface area contributed by atoms with Crippen LogP contribution in [0.1, 0.15) is 0 Å². The summed E-state index contributed by atoms with van der Waals surface area (Å²) in [6, 6.07) is 8.05. The molecule has 0 spiro atoms. The molecule has 0 amide bonds. The lowest BCUT2D eigenvalue weighted by atomic mass is 10.3. The number of hydrogen-bond donors (Lipinski definition) is 2. The van der Waals surface area contributed by atoms with Crippen molar-refractivity contribution in [3.63, 3.8) is 0 Å². The molecule has 2 N–H and O–H groups in total. The van der Waals surface area contributed by atoms with Gasteiger partial charge in [0.25, 0.3) is 5.56 Å². The molecule has 0 aliphatic heterocycles. The standard InChI is InChI=1S/C11H10N2O3S/c1-16-8-5-3-2-4-7(8)13-10(15)6-9(14)12-11(13)17/h2-6,14H,1H3,(H,12,17). The van der Waals surface area contributed by atoms with Gasteiger partial charge in [-0.25, -0.2) is 4.57 Å². The summed E-state index contributed by atoms with van der Waals surface area (Å²) in [5.41, 5.74) is 0.108. The molecule has 6 heteroatoms. The van der Waals surface area contributed by atoms with Crippen LogP contribution in [0.2, 0.25) is 0 Å². The molecule has 0 unspecified atom stereocenters. The van der Waals surface area contributed by atoms with Crippen LogP contribution in [0.5, 0.6) is 11.6 Å². The van der Waals surface area contributed by atoms with Crippen molar-refractivity contribution in [3.05, 3.63) is 45.5 Å². The minimum atomic E-state index is -0.421. The van der Waals surface area contributed by atoms with E-state index in [1.807, 2.05) is 0 Å². The molecule has 17 heavy (non-hydrogen) atoms. The lowest BCUT2D eigenvalue weighted by Crippen LogP contribution is -2.19. The molecule has 0 atom stereocenters. The van der Waals surface area contributed by atoms with E-state index in [0.29, 0.717) is 11.4 Å². The molecule has 0 radical (unpaired) electrons. The number of aromatic nitrogens is 2. The number of aromatic amines is 1. The molecule has 0 aliphatic rings. The molecule has 5 nitrogen and oxygen atoms in total. The molecule has 0 bridgehead atoms. The zero-order chi connectivity index (χ0) is 12.4. The van der Waals surface area contributed by atoms with Crippen molar-refractivity contribution in [3.8, 4) is 17.3 Å². The Bertz CT molecular complexity index is 629.